The van der Waals surface area contributed by atoms with E-state index in [9.17, 15) is 0 Å². The third-order valence-electron chi connectivity index (χ3n) is 2.65. The van der Waals surface area contributed by atoms with E-state index >= 15 is 0 Å². The summed E-state index contributed by atoms with van der Waals surface area (Å²) < 4.78 is 1.12. The second-order valence-corrected chi connectivity index (χ2v) is 5.19. The molecule has 0 aliphatic heterocycles. The first-order valence-electron chi connectivity index (χ1n) is 4.85. The minimum atomic E-state index is 0.382. The average molecular weight is 319 g/mol. The summed E-state index contributed by atoms with van der Waals surface area (Å²) in [6.07, 6.45) is 0. The lowest BCUT2D eigenvalue weighted by molar-refractivity contribution is 1.27. The Bertz CT molecular complexity index is 567. The lowest BCUT2D eigenvalue weighted by Gasteiger charge is -2.09. The van der Waals surface area contributed by atoms with E-state index in [2.05, 4.69) is 27.8 Å². The number of pyridine rings is 1. The molecule has 1 nitrogen and oxygen atoms in total. The SMILES string of the molecule is Cc1cc2nc(Cl)c(CCl)cc2c(C)c1Br. The highest BCUT2D eigenvalue weighted by Crippen LogP contribution is 2.31. The molecule has 1 heterocycles. The van der Waals surface area contributed by atoms with Gasteiger partial charge in [0.2, 0.25) is 0 Å². The van der Waals surface area contributed by atoms with Gasteiger partial charge in [0.15, 0.2) is 0 Å². The molecule has 2 rings (SSSR count). The maximum atomic E-state index is 6.04. The molecule has 0 aliphatic rings. The number of hydrogen-bond acceptors (Lipinski definition) is 1. The number of aryl methyl sites for hydroxylation is 2. The van der Waals surface area contributed by atoms with Crippen molar-refractivity contribution < 1.29 is 0 Å². The van der Waals surface area contributed by atoms with E-state index in [1.807, 2.05) is 19.1 Å². The Balaban J connectivity index is 2.86. The number of aromatic nitrogens is 1. The summed E-state index contributed by atoms with van der Waals surface area (Å²) in [5.74, 6) is 0.382. The molecule has 2 aromatic rings. The Morgan fingerprint density at radius 3 is 2.62 bits per heavy atom. The number of nitrogens with zero attached hydrogens (tertiary/aromatic N) is 1. The van der Waals surface area contributed by atoms with Crippen molar-refractivity contribution in [3.63, 3.8) is 0 Å². The molecule has 0 unspecified atom stereocenters. The van der Waals surface area contributed by atoms with E-state index in [0.717, 1.165) is 26.5 Å². The lowest BCUT2D eigenvalue weighted by atomic mass is 10.1. The first-order chi connectivity index (χ1) is 7.54. The Hall–Kier alpha value is -0.310. The van der Waals surface area contributed by atoms with E-state index in [1.165, 1.54) is 5.56 Å². The second kappa shape index (κ2) is 4.52. The average Bonchev–Trinajstić information content (AvgIpc) is 2.26. The van der Waals surface area contributed by atoms with Crippen LogP contribution < -0.4 is 0 Å². The van der Waals surface area contributed by atoms with Crippen molar-refractivity contribution in [2.45, 2.75) is 19.7 Å². The molecule has 0 amide bonds. The van der Waals surface area contributed by atoms with Gasteiger partial charge in [0.25, 0.3) is 0 Å². The molecular weight excluding hydrogens is 309 g/mol. The van der Waals surface area contributed by atoms with Crippen LogP contribution in [0.5, 0.6) is 0 Å². The van der Waals surface area contributed by atoms with Gasteiger partial charge in [-0.15, -0.1) is 11.6 Å². The van der Waals surface area contributed by atoms with Crippen molar-refractivity contribution in [3.05, 3.63) is 38.4 Å². The summed E-state index contributed by atoms with van der Waals surface area (Å²) in [6.45, 7) is 4.11. The highest BCUT2D eigenvalue weighted by Gasteiger charge is 2.09. The zero-order valence-corrected chi connectivity index (χ0v) is 12.0. The van der Waals surface area contributed by atoms with E-state index in [4.69, 9.17) is 23.2 Å². The number of rotatable bonds is 1. The van der Waals surface area contributed by atoms with Crippen LogP contribution in [0.25, 0.3) is 10.9 Å². The van der Waals surface area contributed by atoms with Gasteiger partial charge in [-0.3, -0.25) is 0 Å². The van der Waals surface area contributed by atoms with Crippen LogP contribution in [0, 0.1) is 13.8 Å². The maximum Gasteiger partial charge on any atom is 0.134 e. The number of halogens is 3. The summed E-state index contributed by atoms with van der Waals surface area (Å²) in [5.41, 5.74) is 4.12. The monoisotopic (exact) mass is 317 g/mol. The van der Waals surface area contributed by atoms with Crippen LogP contribution >= 0.6 is 39.1 Å². The highest BCUT2D eigenvalue weighted by molar-refractivity contribution is 9.10. The third-order valence-corrected chi connectivity index (χ3v) is 4.49. The molecule has 0 aliphatic carbocycles. The molecule has 0 saturated carbocycles. The van der Waals surface area contributed by atoms with Gasteiger partial charge in [-0.05, 0) is 37.1 Å². The number of hydrogen-bond donors (Lipinski definition) is 0. The molecule has 0 saturated heterocycles. The van der Waals surface area contributed by atoms with Gasteiger partial charge in [-0.1, -0.05) is 27.5 Å². The van der Waals surface area contributed by atoms with Crippen molar-refractivity contribution in [1.82, 2.24) is 4.98 Å². The fourth-order valence-electron chi connectivity index (χ4n) is 1.73. The minimum absolute atomic E-state index is 0.382. The largest absolute Gasteiger partial charge is 0.236 e. The third kappa shape index (κ3) is 1.94. The summed E-state index contributed by atoms with van der Waals surface area (Å²) in [5, 5.41) is 1.58. The zero-order valence-electron chi connectivity index (χ0n) is 8.94. The molecule has 0 spiro atoms. The molecule has 0 radical (unpaired) electrons. The fourth-order valence-corrected chi connectivity index (χ4v) is 2.54. The van der Waals surface area contributed by atoms with E-state index in [0.29, 0.717) is 11.0 Å². The molecule has 0 fully saturated rings. The smallest absolute Gasteiger partial charge is 0.134 e. The maximum absolute atomic E-state index is 6.04. The van der Waals surface area contributed by atoms with Crippen molar-refractivity contribution in [2.24, 2.45) is 0 Å². The molecule has 0 atom stereocenters. The second-order valence-electron chi connectivity index (χ2n) is 3.77. The molecule has 84 valence electrons. The number of benzene rings is 1. The standard InChI is InChI=1S/C12H10BrCl2N/c1-6-3-10-9(7(2)11(6)13)4-8(5-14)12(15)16-10/h3-4H,5H2,1-2H3. The van der Waals surface area contributed by atoms with Gasteiger partial charge < -0.3 is 0 Å². The van der Waals surface area contributed by atoms with Crippen molar-refractivity contribution in [3.8, 4) is 0 Å². The first-order valence-corrected chi connectivity index (χ1v) is 6.56. The quantitative estimate of drug-likeness (QED) is 0.532. The summed E-state index contributed by atoms with van der Waals surface area (Å²) in [4.78, 5) is 4.37. The van der Waals surface area contributed by atoms with Crippen LogP contribution in [0.15, 0.2) is 16.6 Å². The van der Waals surface area contributed by atoms with Crippen LogP contribution in [-0.2, 0) is 5.88 Å². The summed E-state index contributed by atoms with van der Waals surface area (Å²) >= 11 is 15.4. The number of fused-ring (bicyclic) bond motifs is 1. The number of alkyl halides is 1. The first kappa shape index (κ1) is 12.2. The molecule has 16 heavy (non-hydrogen) atoms. The van der Waals surface area contributed by atoms with Gasteiger partial charge in [0.1, 0.15) is 5.15 Å². The van der Waals surface area contributed by atoms with Crippen LogP contribution in [0.1, 0.15) is 16.7 Å². The van der Waals surface area contributed by atoms with Crippen LogP contribution in [0.2, 0.25) is 5.15 Å². The Kier molecular flexibility index (Phi) is 3.43. The molecule has 1 aromatic carbocycles. The predicted octanol–water partition coefficient (Wildman–Crippen LogP) is 5.01. The van der Waals surface area contributed by atoms with Crippen LogP contribution in [-0.4, -0.2) is 4.98 Å². The van der Waals surface area contributed by atoms with Gasteiger partial charge in [0.05, 0.1) is 11.4 Å². The Morgan fingerprint density at radius 2 is 2.00 bits per heavy atom. The van der Waals surface area contributed by atoms with Gasteiger partial charge in [-0.2, -0.15) is 0 Å². The molecule has 1 aromatic heterocycles. The van der Waals surface area contributed by atoms with Crippen molar-refractivity contribution >= 4 is 50.0 Å². The molecule has 0 N–H and O–H groups in total. The topological polar surface area (TPSA) is 12.9 Å². The fraction of sp³-hybridized carbons (Fsp3) is 0.250. The molecule has 0 bridgehead atoms. The van der Waals surface area contributed by atoms with Gasteiger partial charge in [-0.25, -0.2) is 4.98 Å². The van der Waals surface area contributed by atoms with E-state index < -0.39 is 0 Å². The Morgan fingerprint density at radius 1 is 1.31 bits per heavy atom. The summed E-state index contributed by atoms with van der Waals surface area (Å²) in [6, 6.07) is 4.04. The lowest BCUT2D eigenvalue weighted by Crippen LogP contribution is -1.92. The summed E-state index contributed by atoms with van der Waals surface area (Å²) in [7, 11) is 0. The highest BCUT2D eigenvalue weighted by atomic mass is 79.9. The van der Waals surface area contributed by atoms with E-state index in [1.54, 1.807) is 0 Å². The van der Waals surface area contributed by atoms with Crippen molar-refractivity contribution in [1.29, 1.82) is 0 Å². The van der Waals surface area contributed by atoms with Gasteiger partial charge in [0, 0.05) is 15.4 Å². The van der Waals surface area contributed by atoms with Crippen LogP contribution in [0.4, 0.5) is 0 Å². The molecular formula is C12H10BrCl2N. The van der Waals surface area contributed by atoms with E-state index in [-0.39, 0.29) is 0 Å². The Labute approximate surface area is 113 Å². The van der Waals surface area contributed by atoms with Gasteiger partial charge >= 0.3 is 0 Å². The van der Waals surface area contributed by atoms with Crippen molar-refractivity contribution in [2.75, 3.05) is 0 Å². The minimum Gasteiger partial charge on any atom is -0.236 e. The zero-order chi connectivity index (χ0) is 11.9. The normalized spacial score (nSPS) is 11.1. The predicted molar refractivity (Wildman–Crippen MR) is 73.5 cm³/mol. The van der Waals surface area contributed by atoms with Crippen LogP contribution in [0.3, 0.4) is 0 Å². The molecule has 4 heteroatoms.